The van der Waals surface area contributed by atoms with Crippen LogP contribution in [-0.4, -0.2) is 61.0 Å². The molecular formula is C26H34F2N2O6. The molecule has 1 fully saturated rings. The number of rotatable bonds is 11. The SMILES string of the molecule is COc1c(C)c2c(c(NC(=O)C(F)F)c1C/C=C(\C)CC(CCN1CCCCC1)C(=O)O)C(=O)OC2. The van der Waals surface area contributed by atoms with Crippen molar-refractivity contribution < 1.29 is 37.7 Å². The molecule has 1 saturated heterocycles. The highest BCUT2D eigenvalue weighted by molar-refractivity contribution is 6.06. The Morgan fingerprint density at radius 2 is 1.94 bits per heavy atom. The zero-order valence-electron chi connectivity index (χ0n) is 21.0. The quantitative estimate of drug-likeness (QED) is 0.339. The number of methoxy groups -OCH3 is 1. The molecule has 0 radical (unpaired) electrons. The molecule has 0 bridgehead atoms. The lowest BCUT2D eigenvalue weighted by molar-refractivity contribution is -0.142. The summed E-state index contributed by atoms with van der Waals surface area (Å²) in [6.07, 6.45) is 3.01. The van der Waals surface area contributed by atoms with Crippen LogP contribution < -0.4 is 10.1 Å². The molecule has 1 aromatic carbocycles. The number of carbonyl (C=O) groups is 3. The Labute approximate surface area is 209 Å². The third kappa shape index (κ3) is 6.40. The molecule has 1 unspecified atom stereocenters. The number of anilines is 1. The van der Waals surface area contributed by atoms with Gasteiger partial charge in [0.15, 0.2) is 0 Å². The number of ether oxygens (including phenoxy) is 2. The topological polar surface area (TPSA) is 105 Å². The van der Waals surface area contributed by atoms with Crippen LogP contribution >= 0.6 is 0 Å². The Kier molecular flexibility index (Phi) is 9.42. The number of piperidine rings is 1. The van der Waals surface area contributed by atoms with Crippen LogP contribution in [0.3, 0.4) is 0 Å². The van der Waals surface area contributed by atoms with E-state index < -0.39 is 30.2 Å². The van der Waals surface area contributed by atoms with Crippen LogP contribution in [0.1, 0.15) is 66.1 Å². The van der Waals surface area contributed by atoms with Crippen LogP contribution in [0.5, 0.6) is 5.75 Å². The third-order valence-electron chi connectivity index (χ3n) is 6.94. The smallest absolute Gasteiger partial charge is 0.341 e. The van der Waals surface area contributed by atoms with Gasteiger partial charge in [-0.1, -0.05) is 18.1 Å². The van der Waals surface area contributed by atoms with Crippen LogP contribution in [0, 0.1) is 12.8 Å². The number of allylic oxidation sites excluding steroid dienone is 2. The summed E-state index contributed by atoms with van der Waals surface area (Å²) in [5.41, 5.74) is 2.27. The number of alkyl halides is 2. The second kappa shape index (κ2) is 12.3. The number of aliphatic carboxylic acids is 1. The van der Waals surface area contributed by atoms with E-state index in [1.807, 2.05) is 6.92 Å². The van der Waals surface area contributed by atoms with Crippen molar-refractivity contribution in [1.29, 1.82) is 0 Å². The van der Waals surface area contributed by atoms with Gasteiger partial charge in [-0.25, -0.2) is 4.79 Å². The predicted octanol–water partition coefficient (Wildman–Crippen LogP) is 4.33. The van der Waals surface area contributed by atoms with Gasteiger partial charge >= 0.3 is 18.4 Å². The fourth-order valence-electron chi connectivity index (χ4n) is 4.95. The lowest BCUT2D eigenvalue weighted by Crippen LogP contribution is -2.32. The number of carboxylic acids is 1. The first-order valence-electron chi connectivity index (χ1n) is 12.2. The van der Waals surface area contributed by atoms with E-state index in [-0.39, 0.29) is 24.3 Å². The number of hydrogen-bond donors (Lipinski definition) is 2. The Hall–Kier alpha value is -3.01. The number of benzene rings is 1. The van der Waals surface area contributed by atoms with E-state index >= 15 is 0 Å². The maximum atomic E-state index is 13.1. The van der Waals surface area contributed by atoms with Crippen LogP contribution in [-0.2, 0) is 27.4 Å². The Morgan fingerprint density at radius 1 is 1.25 bits per heavy atom. The number of esters is 1. The molecule has 1 amide bonds. The molecule has 0 aromatic heterocycles. The first kappa shape index (κ1) is 27.6. The highest BCUT2D eigenvalue weighted by Gasteiger charge is 2.33. The van der Waals surface area contributed by atoms with Crippen molar-refractivity contribution in [1.82, 2.24) is 4.90 Å². The first-order valence-corrected chi connectivity index (χ1v) is 12.2. The van der Waals surface area contributed by atoms with Gasteiger partial charge in [0.25, 0.3) is 5.91 Å². The maximum absolute atomic E-state index is 13.1. The largest absolute Gasteiger partial charge is 0.496 e. The van der Waals surface area contributed by atoms with Crippen molar-refractivity contribution in [3.05, 3.63) is 33.9 Å². The van der Waals surface area contributed by atoms with E-state index in [0.717, 1.165) is 38.0 Å². The lowest BCUT2D eigenvalue weighted by atomic mass is 9.92. The maximum Gasteiger partial charge on any atom is 0.341 e. The van der Waals surface area contributed by atoms with Crippen molar-refractivity contribution in [2.45, 2.75) is 65.4 Å². The minimum atomic E-state index is -3.27. The molecule has 2 heterocycles. The van der Waals surface area contributed by atoms with Crippen LogP contribution in [0.15, 0.2) is 11.6 Å². The monoisotopic (exact) mass is 508 g/mol. The van der Waals surface area contributed by atoms with Crippen molar-refractivity contribution in [3.63, 3.8) is 0 Å². The summed E-state index contributed by atoms with van der Waals surface area (Å²) < 4.78 is 36.8. The standard InChI is InChI=1S/C26H34F2N2O6/c1-15(13-17(25(32)33)9-12-30-10-5-4-6-11-30)7-8-18-21(29-24(31)23(27)28)20-19(14-36-26(20)34)16(2)22(18)35-3/h7,17,23H,4-6,8-14H2,1-3H3,(H,29,31)(H,32,33)/b15-7+. The number of carboxylic acid groups (broad SMARTS) is 1. The second-order valence-electron chi connectivity index (χ2n) is 9.42. The van der Waals surface area contributed by atoms with Gasteiger partial charge in [0.2, 0.25) is 0 Å². The van der Waals surface area contributed by atoms with E-state index in [1.165, 1.54) is 13.5 Å². The molecule has 0 spiro atoms. The number of halogens is 2. The molecule has 0 saturated carbocycles. The van der Waals surface area contributed by atoms with Gasteiger partial charge in [-0.05, 0) is 71.1 Å². The third-order valence-corrected chi connectivity index (χ3v) is 6.94. The zero-order chi connectivity index (χ0) is 26.4. The minimum absolute atomic E-state index is 0.0413. The molecule has 2 N–H and O–H groups in total. The van der Waals surface area contributed by atoms with Crippen LogP contribution in [0.2, 0.25) is 0 Å². The summed E-state index contributed by atoms with van der Waals surface area (Å²) in [5.74, 6) is -3.29. The molecule has 198 valence electrons. The molecule has 8 nitrogen and oxygen atoms in total. The molecule has 1 atom stereocenters. The van der Waals surface area contributed by atoms with Crippen LogP contribution in [0.25, 0.3) is 0 Å². The van der Waals surface area contributed by atoms with Crippen molar-refractivity contribution in [2.24, 2.45) is 5.92 Å². The number of likely N-dealkylation sites (tertiary alicyclic amines) is 1. The second-order valence-corrected chi connectivity index (χ2v) is 9.42. The number of fused-ring (bicyclic) bond motifs is 1. The number of cyclic esters (lactones) is 1. The highest BCUT2D eigenvalue weighted by atomic mass is 19.3. The summed E-state index contributed by atoms with van der Waals surface area (Å²) in [6.45, 7) is 6.23. The molecule has 2 aliphatic heterocycles. The Balaban J connectivity index is 1.85. The Morgan fingerprint density at radius 3 is 2.56 bits per heavy atom. The summed E-state index contributed by atoms with van der Waals surface area (Å²) >= 11 is 0. The number of nitrogens with one attached hydrogen (secondary N) is 1. The molecular weight excluding hydrogens is 474 g/mol. The minimum Gasteiger partial charge on any atom is -0.496 e. The molecule has 1 aromatic rings. The predicted molar refractivity (Wildman–Crippen MR) is 130 cm³/mol. The molecule has 0 aliphatic carbocycles. The van der Waals surface area contributed by atoms with Gasteiger partial charge in [-0.2, -0.15) is 8.78 Å². The number of carbonyl (C=O) groups excluding carboxylic acids is 2. The van der Waals surface area contributed by atoms with E-state index in [0.29, 0.717) is 35.3 Å². The van der Waals surface area contributed by atoms with Gasteiger partial charge < -0.3 is 24.8 Å². The molecule has 2 aliphatic rings. The van der Waals surface area contributed by atoms with Crippen molar-refractivity contribution in [2.75, 3.05) is 32.1 Å². The highest BCUT2D eigenvalue weighted by Crippen LogP contribution is 2.41. The van der Waals surface area contributed by atoms with Gasteiger partial charge in [0, 0.05) is 11.1 Å². The average molecular weight is 509 g/mol. The lowest BCUT2D eigenvalue weighted by Gasteiger charge is -2.27. The summed E-state index contributed by atoms with van der Waals surface area (Å²) in [7, 11) is 1.42. The van der Waals surface area contributed by atoms with E-state index in [2.05, 4.69) is 10.2 Å². The zero-order valence-corrected chi connectivity index (χ0v) is 21.0. The van der Waals surface area contributed by atoms with Crippen LogP contribution in [0.4, 0.5) is 14.5 Å². The summed E-state index contributed by atoms with van der Waals surface area (Å²) in [4.78, 5) is 38.5. The number of amides is 1. The normalized spacial score (nSPS) is 17.1. The first-order chi connectivity index (χ1) is 17.1. The van der Waals surface area contributed by atoms with E-state index in [1.54, 1.807) is 13.0 Å². The van der Waals surface area contributed by atoms with Gasteiger partial charge in [-0.15, -0.1) is 0 Å². The van der Waals surface area contributed by atoms with Crippen molar-refractivity contribution >= 4 is 23.5 Å². The molecule has 3 rings (SSSR count). The van der Waals surface area contributed by atoms with Crippen molar-refractivity contribution in [3.8, 4) is 5.75 Å². The van der Waals surface area contributed by atoms with Gasteiger partial charge in [-0.3, -0.25) is 9.59 Å². The molecule has 10 heteroatoms. The van der Waals surface area contributed by atoms with E-state index in [9.17, 15) is 28.3 Å². The van der Waals surface area contributed by atoms with E-state index in [4.69, 9.17) is 9.47 Å². The number of hydrogen-bond acceptors (Lipinski definition) is 6. The fourth-order valence-corrected chi connectivity index (χ4v) is 4.95. The van der Waals surface area contributed by atoms with Gasteiger partial charge in [0.1, 0.15) is 12.4 Å². The summed E-state index contributed by atoms with van der Waals surface area (Å²) in [5, 5.41) is 11.9. The average Bonchev–Trinajstić information content (AvgIpc) is 3.24. The fraction of sp³-hybridized carbons (Fsp3) is 0.577. The Bertz CT molecular complexity index is 1030. The number of nitrogens with zero attached hydrogens (tertiary/aromatic N) is 1. The van der Waals surface area contributed by atoms with Gasteiger partial charge in [0.05, 0.1) is 24.3 Å². The summed E-state index contributed by atoms with van der Waals surface area (Å²) in [6, 6.07) is 0. The molecule has 36 heavy (non-hydrogen) atoms.